The van der Waals surface area contributed by atoms with Gasteiger partial charge in [-0.3, -0.25) is 4.79 Å². The van der Waals surface area contributed by atoms with E-state index in [9.17, 15) is 4.79 Å². The molecule has 0 fully saturated rings. The molecule has 0 spiro atoms. The van der Waals surface area contributed by atoms with E-state index in [1.807, 2.05) is 36.4 Å². The van der Waals surface area contributed by atoms with Gasteiger partial charge in [-0.25, -0.2) is 0 Å². The zero-order valence-electron chi connectivity index (χ0n) is 10.1. The van der Waals surface area contributed by atoms with Crippen molar-refractivity contribution in [1.29, 1.82) is 5.26 Å². The van der Waals surface area contributed by atoms with Gasteiger partial charge in [-0.05, 0) is 62.2 Å². The second kappa shape index (κ2) is 6.84. The van der Waals surface area contributed by atoms with Crippen LogP contribution in [0.25, 0.3) is 6.08 Å². The number of thiophene rings is 1. The third-order valence-electron chi connectivity index (χ3n) is 2.37. The lowest BCUT2D eigenvalue weighted by atomic mass is 10.2. The molecule has 0 saturated heterocycles. The lowest BCUT2D eigenvalue weighted by Crippen LogP contribution is -2.13. The number of hydrogen-bond acceptors (Lipinski definition) is 3. The highest BCUT2D eigenvalue weighted by Crippen LogP contribution is 2.25. The molecule has 1 aromatic heterocycles. The Balaban J connectivity index is 2.21. The minimum atomic E-state index is -0.427. The molecule has 0 saturated carbocycles. The highest BCUT2D eigenvalue weighted by Gasteiger charge is 2.11. The third kappa shape index (κ3) is 3.79. The van der Waals surface area contributed by atoms with Crippen LogP contribution in [0.15, 0.2) is 50.2 Å². The van der Waals surface area contributed by atoms with Crippen LogP contribution in [0.4, 0.5) is 5.69 Å². The number of amides is 1. The zero-order chi connectivity index (χ0) is 14.5. The van der Waals surface area contributed by atoms with Gasteiger partial charge in [-0.2, -0.15) is 5.26 Å². The topological polar surface area (TPSA) is 52.9 Å². The Morgan fingerprint density at radius 3 is 2.60 bits per heavy atom. The molecule has 6 heteroatoms. The number of benzene rings is 1. The maximum absolute atomic E-state index is 12.1. The maximum atomic E-state index is 12.1. The van der Waals surface area contributed by atoms with Crippen molar-refractivity contribution < 1.29 is 4.79 Å². The van der Waals surface area contributed by atoms with Crippen molar-refractivity contribution in [1.82, 2.24) is 0 Å². The summed E-state index contributed by atoms with van der Waals surface area (Å²) in [5.41, 5.74) is 0.695. The van der Waals surface area contributed by atoms with Crippen LogP contribution < -0.4 is 5.32 Å². The van der Waals surface area contributed by atoms with Crippen molar-refractivity contribution in [2.24, 2.45) is 0 Å². The summed E-state index contributed by atoms with van der Waals surface area (Å²) < 4.78 is 1.72. The van der Waals surface area contributed by atoms with Crippen LogP contribution in [0.2, 0.25) is 0 Å². The molecule has 2 aromatic rings. The number of para-hydroxylation sites is 1. The van der Waals surface area contributed by atoms with Crippen molar-refractivity contribution in [3.63, 3.8) is 0 Å². The fourth-order valence-electron chi connectivity index (χ4n) is 1.45. The third-order valence-corrected chi connectivity index (χ3v) is 4.63. The zero-order valence-corrected chi connectivity index (χ0v) is 14.0. The van der Waals surface area contributed by atoms with Crippen molar-refractivity contribution in [2.45, 2.75) is 0 Å². The van der Waals surface area contributed by atoms with E-state index in [2.05, 4.69) is 37.2 Å². The molecule has 0 radical (unpaired) electrons. The average molecular weight is 412 g/mol. The molecular weight excluding hydrogens is 404 g/mol. The molecule has 2 rings (SSSR count). The Hall–Kier alpha value is -1.42. The second-order valence-corrected chi connectivity index (χ2v) is 7.09. The van der Waals surface area contributed by atoms with Crippen molar-refractivity contribution in [3.05, 3.63) is 55.1 Å². The van der Waals surface area contributed by atoms with E-state index in [4.69, 9.17) is 5.26 Å². The van der Waals surface area contributed by atoms with Crippen LogP contribution in [0.3, 0.4) is 0 Å². The Labute approximate surface area is 137 Å². The van der Waals surface area contributed by atoms with Crippen LogP contribution in [-0.2, 0) is 4.79 Å². The van der Waals surface area contributed by atoms with Crippen LogP contribution in [-0.4, -0.2) is 5.91 Å². The van der Waals surface area contributed by atoms with Crippen LogP contribution >= 0.6 is 43.2 Å². The fraction of sp³-hybridized carbons (Fsp3) is 0. The van der Waals surface area contributed by atoms with Gasteiger partial charge in [0.05, 0.1) is 9.47 Å². The highest BCUT2D eigenvalue weighted by atomic mass is 79.9. The fourth-order valence-corrected chi connectivity index (χ4v) is 3.20. The van der Waals surface area contributed by atoms with Crippen molar-refractivity contribution in [3.8, 4) is 6.07 Å². The Kier molecular flexibility index (Phi) is 5.12. The van der Waals surface area contributed by atoms with Crippen molar-refractivity contribution in [2.75, 3.05) is 5.32 Å². The molecule has 1 aromatic carbocycles. The van der Waals surface area contributed by atoms with Gasteiger partial charge < -0.3 is 5.32 Å². The van der Waals surface area contributed by atoms with E-state index in [0.717, 1.165) is 13.1 Å². The number of carbonyl (C=O) groups excluding carboxylic acids is 1. The lowest BCUT2D eigenvalue weighted by Gasteiger charge is -2.05. The molecule has 0 aliphatic carbocycles. The second-order valence-electron chi connectivity index (χ2n) is 3.75. The first-order chi connectivity index (χ1) is 9.60. The summed E-state index contributed by atoms with van der Waals surface area (Å²) in [6.07, 6.45) is 1.57. The number of halogens is 2. The summed E-state index contributed by atoms with van der Waals surface area (Å²) in [4.78, 5) is 12.9. The number of anilines is 1. The van der Waals surface area contributed by atoms with Gasteiger partial charge in [-0.15, -0.1) is 11.3 Å². The van der Waals surface area contributed by atoms with Gasteiger partial charge in [0.2, 0.25) is 0 Å². The number of carbonyl (C=O) groups is 1. The average Bonchev–Trinajstić information content (AvgIpc) is 2.84. The van der Waals surface area contributed by atoms with Gasteiger partial charge in [0.25, 0.3) is 5.91 Å². The molecule has 20 heavy (non-hydrogen) atoms. The standard InChI is InChI=1S/C14H8Br2N2OS/c15-11-3-1-2-4-12(11)18-14(19)9(8-17)7-10-5-6-13(16)20-10/h1-7H,(H,18,19)/b9-7-. The Bertz CT molecular complexity index is 716. The first-order valence-corrected chi connectivity index (χ1v) is 7.93. The smallest absolute Gasteiger partial charge is 0.266 e. The molecule has 0 aliphatic rings. The Morgan fingerprint density at radius 1 is 1.25 bits per heavy atom. The van der Waals surface area contributed by atoms with E-state index in [1.54, 1.807) is 12.1 Å². The van der Waals surface area contributed by atoms with E-state index in [-0.39, 0.29) is 5.57 Å². The van der Waals surface area contributed by atoms with Crippen LogP contribution in [0, 0.1) is 11.3 Å². The summed E-state index contributed by atoms with van der Waals surface area (Å²) in [6.45, 7) is 0. The highest BCUT2D eigenvalue weighted by molar-refractivity contribution is 9.11. The molecular formula is C14H8Br2N2OS. The predicted molar refractivity (Wildman–Crippen MR) is 88.4 cm³/mol. The molecule has 0 bridgehead atoms. The number of rotatable bonds is 3. The van der Waals surface area contributed by atoms with Gasteiger partial charge in [0.15, 0.2) is 0 Å². The largest absolute Gasteiger partial charge is 0.320 e. The number of nitrogens with zero attached hydrogens (tertiary/aromatic N) is 1. The first-order valence-electron chi connectivity index (χ1n) is 5.53. The molecule has 1 heterocycles. The number of nitrogens with one attached hydrogen (secondary N) is 1. The minimum Gasteiger partial charge on any atom is -0.320 e. The minimum absolute atomic E-state index is 0.0649. The maximum Gasteiger partial charge on any atom is 0.266 e. The molecule has 1 N–H and O–H groups in total. The van der Waals surface area contributed by atoms with Crippen LogP contribution in [0.1, 0.15) is 4.88 Å². The quantitative estimate of drug-likeness (QED) is 0.581. The summed E-state index contributed by atoms with van der Waals surface area (Å²) in [5.74, 6) is -0.427. The van der Waals surface area contributed by atoms with E-state index < -0.39 is 5.91 Å². The van der Waals surface area contributed by atoms with E-state index in [0.29, 0.717) is 5.69 Å². The lowest BCUT2D eigenvalue weighted by molar-refractivity contribution is -0.112. The SMILES string of the molecule is N#C/C(=C/c1ccc(Br)s1)C(=O)Nc1ccccc1Br. The van der Waals surface area contributed by atoms with Gasteiger partial charge in [0, 0.05) is 9.35 Å². The molecule has 0 atom stereocenters. The van der Waals surface area contributed by atoms with Gasteiger partial charge in [0.1, 0.15) is 11.6 Å². The molecule has 1 amide bonds. The first kappa shape index (κ1) is 15.0. The summed E-state index contributed by atoms with van der Waals surface area (Å²) in [6, 6.07) is 12.9. The molecule has 100 valence electrons. The predicted octanol–water partition coefficient (Wildman–Crippen LogP) is 4.82. The molecule has 0 aliphatic heterocycles. The van der Waals surface area contributed by atoms with Gasteiger partial charge in [-0.1, -0.05) is 12.1 Å². The Morgan fingerprint density at radius 2 is 2.00 bits per heavy atom. The molecule has 3 nitrogen and oxygen atoms in total. The summed E-state index contributed by atoms with van der Waals surface area (Å²) in [5, 5.41) is 11.8. The summed E-state index contributed by atoms with van der Waals surface area (Å²) in [7, 11) is 0. The summed E-state index contributed by atoms with van der Waals surface area (Å²) >= 11 is 8.15. The van der Waals surface area contributed by atoms with Crippen LogP contribution in [0.5, 0.6) is 0 Å². The van der Waals surface area contributed by atoms with Gasteiger partial charge >= 0.3 is 0 Å². The number of nitriles is 1. The molecule has 0 unspecified atom stereocenters. The van der Waals surface area contributed by atoms with E-state index >= 15 is 0 Å². The number of hydrogen-bond donors (Lipinski definition) is 1. The monoisotopic (exact) mass is 410 g/mol. The van der Waals surface area contributed by atoms with E-state index in [1.165, 1.54) is 11.3 Å². The normalized spacial score (nSPS) is 10.9. The van der Waals surface area contributed by atoms with Crippen molar-refractivity contribution >= 4 is 60.9 Å².